The summed E-state index contributed by atoms with van der Waals surface area (Å²) in [5, 5.41) is 1.53. The first kappa shape index (κ1) is 11.0. The van der Waals surface area contributed by atoms with Crippen molar-refractivity contribution in [3.63, 3.8) is 0 Å². The van der Waals surface area contributed by atoms with E-state index in [1.54, 1.807) is 6.07 Å². The lowest BCUT2D eigenvalue weighted by Crippen LogP contribution is -2.00. The number of esters is 1. The summed E-state index contributed by atoms with van der Waals surface area (Å²) in [7, 11) is 1.35. The summed E-state index contributed by atoms with van der Waals surface area (Å²) in [5.74, 6) is -0.387. The van der Waals surface area contributed by atoms with Gasteiger partial charge in [-0.15, -0.1) is 0 Å². The number of hydrogen-bond acceptors (Lipinski definition) is 2. The zero-order valence-electron chi connectivity index (χ0n) is 9.35. The molecule has 16 heavy (non-hydrogen) atoms. The largest absolute Gasteiger partial charge is 0.464 e. The molecule has 0 aliphatic heterocycles. The van der Waals surface area contributed by atoms with Gasteiger partial charge in [-0.3, -0.25) is 0 Å². The molecule has 0 saturated heterocycles. The van der Waals surface area contributed by atoms with Gasteiger partial charge in [0.1, 0.15) is 5.69 Å². The van der Waals surface area contributed by atoms with Crippen LogP contribution in [0.3, 0.4) is 0 Å². The molecule has 2 rings (SSSR count). The third kappa shape index (κ3) is 1.57. The molecule has 1 N–H and O–H groups in total. The van der Waals surface area contributed by atoms with E-state index in [-0.39, 0.29) is 5.97 Å². The van der Waals surface area contributed by atoms with Crippen LogP contribution in [0.5, 0.6) is 0 Å². The molecule has 0 unspecified atom stereocenters. The van der Waals surface area contributed by atoms with Crippen molar-refractivity contribution in [3.8, 4) is 0 Å². The number of benzene rings is 1. The summed E-state index contributed by atoms with van der Waals surface area (Å²) in [5.41, 5.74) is 3.40. The lowest BCUT2D eigenvalue weighted by atomic mass is 10.1. The predicted molar refractivity (Wildman–Crippen MR) is 64.1 cm³/mol. The molecule has 0 bridgehead atoms. The molecule has 1 heterocycles. The Morgan fingerprint density at radius 1 is 1.38 bits per heavy atom. The molecule has 0 spiro atoms. The molecular weight excluding hydrogens is 226 g/mol. The number of aromatic nitrogens is 1. The van der Waals surface area contributed by atoms with Gasteiger partial charge >= 0.3 is 5.97 Å². The highest BCUT2D eigenvalue weighted by atomic mass is 35.5. The number of rotatable bonds is 1. The molecule has 0 radical (unpaired) electrons. The van der Waals surface area contributed by atoms with Gasteiger partial charge < -0.3 is 9.72 Å². The second-order valence-corrected chi connectivity index (χ2v) is 4.15. The Morgan fingerprint density at radius 2 is 2.06 bits per heavy atom. The molecule has 0 atom stereocenters. The van der Waals surface area contributed by atoms with Gasteiger partial charge in [0.05, 0.1) is 12.1 Å². The molecule has 84 valence electrons. The van der Waals surface area contributed by atoms with Crippen LogP contribution in [0, 0.1) is 13.8 Å². The van der Waals surface area contributed by atoms with Crippen LogP contribution in [-0.2, 0) is 4.74 Å². The minimum atomic E-state index is -0.387. The fourth-order valence-electron chi connectivity index (χ4n) is 1.69. The third-order valence-electron chi connectivity index (χ3n) is 2.77. The molecule has 0 aliphatic carbocycles. The van der Waals surface area contributed by atoms with Crippen molar-refractivity contribution in [1.82, 2.24) is 4.98 Å². The molecule has 1 aromatic heterocycles. The molecule has 0 amide bonds. The van der Waals surface area contributed by atoms with Gasteiger partial charge in [0.15, 0.2) is 0 Å². The Labute approximate surface area is 98.4 Å². The number of aromatic amines is 1. The fraction of sp³-hybridized carbons (Fsp3) is 0.250. The Balaban J connectivity index is 2.71. The number of methoxy groups -OCH3 is 1. The van der Waals surface area contributed by atoms with Crippen LogP contribution in [0.1, 0.15) is 21.6 Å². The van der Waals surface area contributed by atoms with E-state index in [0.717, 1.165) is 22.0 Å². The minimum absolute atomic E-state index is 0.387. The van der Waals surface area contributed by atoms with Crippen molar-refractivity contribution < 1.29 is 9.53 Å². The molecule has 3 nitrogen and oxygen atoms in total. The van der Waals surface area contributed by atoms with Crippen LogP contribution >= 0.6 is 11.6 Å². The number of carbonyl (C=O) groups excluding carboxylic acids is 1. The highest BCUT2D eigenvalue weighted by Gasteiger charge is 2.13. The molecule has 0 aliphatic rings. The highest BCUT2D eigenvalue weighted by Crippen LogP contribution is 2.30. The number of nitrogens with one attached hydrogen (secondary N) is 1. The number of carbonyl (C=O) groups is 1. The Morgan fingerprint density at radius 3 is 2.69 bits per heavy atom. The number of ether oxygens (including phenoxy) is 1. The van der Waals surface area contributed by atoms with Crippen LogP contribution in [0.2, 0.25) is 5.02 Å². The van der Waals surface area contributed by atoms with Gasteiger partial charge in [0.2, 0.25) is 0 Å². The van der Waals surface area contributed by atoms with Crippen molar-refractivity contribution in [3.05, 3.63) is 34.0 Å². The SMILES string of the molecule is COC(=O)c1cc2c(Cl)c(C)c(C)cc2[nH]1. The van der Waals surface area contributed by atoms with Gasteiger partial charge in [-0.25, -0.2) is 4.79 Å². The maximum absolute atomic E-state index is 11.4. The van der Waals surface area contributed by atoms with Gasteiger partial charge in [0.25, 0.3) is 0 Å². The summed E-state index contributed by atoms with van der Waals surface area (Å²) in [6, 6.07) is 3.69. The lowest BCUT2D eigenvalue weighted by molar-refractivity contribution is 0.0595. The van der Waals surface area contributed by atoms with E-state index < -0.39 is 0 Å². The number of hydrogen-bond donors (Lipinski definition) is 1. The number of aryl methyl sites for hydroxylation is 1. The van der Waals surface area contributed by atoms with Crippen molar-refractivity contribution in [1.29, 1.82) is 0 Å². The normalized spacial score (nSPS) is 10.8. The molecule has 4 heteroatoms. The second kappa shape index (κ2) is 3.83. The first-order valence-corrected chi connectivity index (χ1v) is 5.29. The van der Waals surface area contributed by atoms with E-state index in [1.165, 1.54) is 7.11 Å². The van der Waals surface area contributed by atoms with Crippen molar-refractivity contribution in [2.45, 2.75) is 13.8 Å². The van der Waals surface area contributed by atoms with E-state index in [4.69, 9.17) is 11.6 Å². The molecule has 0 saturated carbocycles. The van der Waals surface area contributed by atoms with Gasteiger partial charge in [0, 0.05) is 10.9 Å². The zero-order chi connectivity index (χ0) is 11.9. The van der Waals surface area contributed by atoms with Gasteiger partial charge in [-0.1, -0.05) is 11.6 Å². The average Bonchev–Trinajstić information content (AvgIpc) is 2.69. The first-order valence-electron chi connectivity index (χ1n) is 4.91. The minimum Gasteiger partial charge on any atom is -0.464 e. The molecule has 1 aromatic carbocycles. The van der Waals surface area contributed by atoms with E-state index >= 15 is 0 Å². The lowest BCUT2D eigenvalue weighted by Gasteiger charge is -2.03. The monoisotopic (exact) mass is 237 g/mol. The van der Waals surface area contributed by atoms with Crippen LogP contribution in [0.25, 0.3) is 10.9 Å². The molecule has 2 aromatic rings. The first-order chi connectivity index (χ1) is 7.54. The Kier molecular flexibility index (Phi) is 2.64. The quantitative estimate of drug-likeness (QED) is 0.774. The van der Waals surface area contributed by atoms with Crippen molar-refractivity contribution in [2.75, 3.05) is 7.11 Å². The van der Waals surface area contributed by atoms with Crippen molar-refractivity contribution >= 4 is 28.5 Å². The van der Waals surface area contributed by atoms with Crippen LogP contribution in [0.15, 0.2) is 12.1 Å². The third-order valence-corrected chi connectivity index (χ3v) is 3.26. The smallest absolute Gasteiger partial charge is 0.354 e. The number of H-pyrrole nitrogens is 1. The second-order valence-electron chi connectivity index (χ2n) is 3.77. The van der Waals surface area contributed by atoms with Crippen LogP contribution < -0.4 is 0 Å². The zero-order valence-corrected chi connectivity index (χ0v) is 10.1. The molecular formula is C12H12ClNO2. The summed E-state index contributed by atoms with van der Waals surface area (Å²) in [4.78, 5) is 14.4. The summed E-state index contributed by atoms with van der Waals surface area (Å²) in [6.45, 7) is 3.95. The number of halogens is 1. The average molecular weight is 238 g/mol. The van der Waals surface area contributed by atoms with E-state index in [0.29, 0.717) is 10.7 Å². The number of fused-ring (bicyclic) bond motifs is 1. The maximum atomic E-state index is 11.4. The Bertz CT molecular complexity index is 572. The fourth-order valence-corrected chi connectivity index (χ4v) is 1.99. The van der Waals surface area contributed by atoms with E-state index in [2.05, 4.69) is 9.72 Å². The van der Waals surface area contributed by atoms with E-state index in [9.17, 15) is 4.79 Å². The summed E-state index contributed by atoms with van der Waals surface area (Å²) in [6.07, 6.45) is 0. The molecule has 0 fully saturated rings. The predicted octanol–water partition coefficient (Wildman–Crippen LogP) is 3.22. The topological polar surface area (TPSA) is 42.1 Å². The van der Waals surface area contributed by atoms with Gasteiger partial charge in [-0.05, 0) is 37.1 Å². The Hall–Kier alpha value is -1.48. The van der Waals surface area contributed by atoms with Crippen LogP contribution in [0.4, 0.5) is 0 Å². The summed E-state index contributed by atoms with van der Waals surface area (Å²) >= 11 is 6.22. The standard InChI is InChI=1S/C12H12ClNO2/c1-6-4-9-8(11(13)7(6)2)5-10(14-9)12(15)16-3/h4-5,14H,1-3H3. The van der Waals surface area contributed by atoms with Gasteiger partial charge in [-0.2, -0.15) is 0 Å². The van der Waals surface area contributed by atoms with Crippen LogP contribution in [-0.4, -0.2) is 18.1 Å². The summed E-state index contributed by atoms with van der Waals surface area (Å²) < 4.78 is 4.65. The van der Waals surface area contributed by atoms with Crippen molar-refractivity contribution in [2.24, 2.45) is 0 Å². The van der Waals surface area contributed by atoms with E-state index in [1.807, 2.05) is 19.9 Å². The highest BCUT2D eigenvalue weighted by molar-refractivity contribution is 6.36. The maximum Gasteiger partial charge on any atom is 0.354 e.